The zero-order valence-electron chi connectivity index (χ0n) is 19.5. The van der Waals surface area contributed by atoms with Crippen molar-refractivity contribution in [3.05, 3.63) is 84.4 Å². The Hall–Kier alpha value is -3.67. The number of hydrogen-bond acceptors (Lipinski definition) is 4. The number of benzene rings is 3. The van der Waals surface area contributed by atoms with E-state index < -0.39 is 11.6 Å². The highest BCUT2D eigenvalue weighted by Gasteiger charge is 2.31. The summed E-state index contributed by atoms with van der Waals surface area (Å²) in [5.41, 5.74) is 0.609. The fourth-order valence-corrected chi connectivity index (χ4v) is 3.51. The molecule has 0 saturated carbocycles. The molecule has 6 nitrogen and oxygen atoms in total. The van der Waals surface area contributed by atoms with Crippen molar-refractivity contribution >= 4 is 6.09 Å². The van der Waals surface area contributed by atoms with Crippen LogP contribution in [0.25, 0.3) is 0 Å². The van der Waals surface area contributed by atoms with Crippen molar-refractivity contribution < 1.29 is 24.1 Å². The minimum atomic E-state index is -0.959. The second kappa shape index (κ2) is 10.8. The summed E-state index contributed by atoms with van der Waals surface area (Å²) in [6.07, 6.45) is -0.959. The van der Waals surface area contributed by atoms with Crippen LogP contribution in [0.2, 0.25) is 0 Å². The van der Waals surface area contributed by atoms with E-state index in [1.54, 1.807) is 0 Å². The van der Waals surface area contributed by atoms with Crippen LogP contribution in [0.3, 0.4) is 0 Å². The monoisotopic (exact) mass is 449 g/mol. The Labute approximate surface area is 195 Å². The maximum Gasteiger partial charge on any atom is 0.408 e. The normalized spacial score (nSPS) is 12.0. The molecular weight excluding hydrogens is 418 g/mol. The molecule has 0 fully saturated rings. The Bertz CT molecular complexity index is 1010. The van der Waals surface area contributed by atoms with Crippen molar-refractivity contribution in [1.82, 2.24) is 4.90 Å². The summed E-state index contributed by atoms with van der Waals surface area (Å²) in [4.78, 5) is 13.0. The molecule has 0 aliphatic carbocycles. The van der Waals surface area contributed by atoms with Crippen molar-refractivity contribution in [2.45, 2.75) is 45.9 Å². The van der Waals surface area contributed by atoms with Crippen LogP contribution in [0.5, 0.6) is 23.0 Å². The molecule has 174 valence electrons. The first-order valence-corrected chi connectivity index (χ1v) is 10.9. The molecule has 3 aromatic carbocycles. The number of carbonyl (C=O) groups is 1. The van der Waals surface area contributed by atoms with Crippen LogP contribution in [-0.2, 0) is 6.61 Å². The van der Waals surface area contributed by atoms with Crippen molar-refractivity contribution in [2.24, 2.45) is 0 Å². The number of carboxylic acid groups (broad SMARTS) is 1. The van der Waals surface area contributed by atoms with Gasteiger partial charge >= 0.3 is 6.09 Å². The van der Waals surface area contributed by atoms with Gasteiger partial charge in [-0.25, -0.2) is 4.79 Å². The van der Waals surface area contributed by atoms with E-state index in [9.17, 15) is 9.90 Å². The van der Waals surface area contributed by atoms with Crippen LogP contribution in [0, 0.1) is 0 Å². The Balaban J connectivity index is 1.50. The van der Waals surface area contributed by atoms with E-state index in [1.807, 2.05) is 107 Å². The van der Waals surface area contributed by atoms with Gasteiger partial charge in [0, 0.05) is 5.54 Å². The van der Waals surface area contributed by atoms with Crippen LogP contribution in [0.15, 0.2) is 78.9 Å². The highest BCUT2D eigenvalue weighted by atomic mass is 16.5. The van der Waals surface area contributed by atoms with Crippen LogP contribution < -0.4 is 14.2 Å². The SMILES string of the molecule is CC(COc1ccc(Oc2ccc(OCc3ccccc3)cc2)cc1)N(C(=O)O)C(C)(C)C. The molecule has 0 heterocycles. The molecular formula is C27H31NO5. The zero-order chi connectivity index (χ0) is 23.8. The van der Waals surface area contributed by atoms with Gasteiger partial charge in [-0.3, -0.25) is 4.90 Å². The Morgan fingerprint density at radius 1 is 0.818 bits per heavy atom. The maximum atomic E-state index is 11.6. The molecule has 0 spiro atoms. The lowest BCUT2D eigenvalue weighted by atomic mass is 10.0. The summed E-state index contributed by atoms with van der Waals surface area (Å²) in [5, 5.41) is 9.50. The molecule has 6 heteroatoms. The van der Waals surface area contributed by atoms with E-state index in [1.165, 1.54) is 4.90 Å². The molecule has 3 rings (SSSR count). The lowest BCUT2D eigenvalue weighted by Crippen LogP contribution is -2.52. The summed E-state index contributed by atoms with van der Waals surface area (Å²) in [7, 11) is 0. The lowest BCUT2D eigenvalue weighted by molar-refractivity contribution is 0.0578. The summed E-state index contributed by atoms with van der Waals surface area (Å²) >= 11 is 0. The Morgan fingerprint density at radius 2 is 1.30 bits per heavy atom. The third-order valence-corrected chi connectivity index (χ3v) is 4.99. The summed E-state index contributed by atoms with van der Waals surface area (Å²) in [6.45, 7) is 8.21. The first kappa shape index (κ1) is 24.0. The number of hydrogen-bond donors (Lipinski definition) is 1. The minimum absolute atomic E-state index is 0.258. The fraction of sp³-hybridized carbons (Fsp3) is 0.296. The largest absolute Gasteiger partial charge is 0.491 e. The van der Waals surface area contributed by atoms with E-state index in [-0.39, 0.29) is 12.6 Å². The minimum Gasteiger partial charge on any atom is -0.491 e. The molecule has 33 heavy (non-hydrogen) atoms. The van der Waals surface area contributed by atoms with E-state index in [0.717, 1.165) is 11.3 Å². The summed E-state index contributed by atoms with van der Waals surface area (Å²) in [6, 6.07) is 24.4. The third-order valence-electron chi connectivity index (χ3n) is 4.99. The molecule has 0 radical (unpaired) electrons. The molecule has 0 aromatic heterocycles. The predicted molar refractivity (Wildman–Crippen MR) is 128 cm³/mol. The van der Waals surface area contributed by atoms with E-state index in [2.05, 4.69) is 0 Å². The van der Waals surface area contributed by atoms with Crippen molar-refractivity contribution in [3.8, 4) is 23.0 Å². The highest BCUT2D eigenvalue weighted by molar-refractivity contribution is 5.66. The van der Waals surface area contributed by atoms with Crippen LogP contribution in [-0.4, -0.2) is 34.3 Å². The zero-order valence-corrected chi connectivity index (χ0v) is 19.5. The number of amides is 1. The molecule has 1 atom stereocenters. The first-order valence-electron chi connectivity index (χ1n) is 10.9. The van der Waals surface area contributed by atoms with Gasteiger partial charge in [0.2, 0.25) is 0 Å². The van der Waals surface area contributed by atoms with Gasteiger partial charge < -0.3 is 19.3 Å². The molecule has 1 amide bonds. The standard InChI is InChI=1S/C27H31NO5/c1-20(28(26(29)30)27(2,3)4)18-31-22-10-14-24(15-11-22)33-25-16-12-23(13-17-25)32-19-21-8-6-5-7-9-21/h5-17,20H,18-19H2,1-4H3,(H,29,30). The fourth-order valence-electron chi connectivity index (χ4n) is 3.51. The Kier molecular flexibility index (Phi) is 7.83. The quantitative estimate of drug-likeness (QED) is 0.398. The van der Waals surface area contributed by atoms with Gasteiger partial charge in [-0.2, -0.15) is 0 Å². The molecule has 0 bridgehead atoms. The first-order chi connectivity index (χ1) is 15.7. The lowest BCUT2D eigenvalue weighted by Gasteiger charge is -2.37. The van der Waals surface area contributed by atoms with Gasteiger partial charge in [0.15, 0.2) is 0 Å². The van der Waals surface area contributed by atoms with Gasteiger partial charge in [-0.05, 0) is 81.8 Å². The van der Waals surface area contributed by atoms with Crippen LogP contribution >= 0.6 is 0 Å². The smallest absolute Gasteiger partial charge is 0.408 e. The van der Waals surface area contributed by atoms with E-state index >= 15 is 0 Å². The van der Waals surface area contributed by atoms with Crippen molar-refractivity contribution in [2.75, 3.05) is 6.61 Å². The molecule has 0 aliphatic heterocycles. The Morgan fingerprint density at radius 3 is 1.79 bits per heavy atom. The summed E-state index contributed by atoms with van der Waals surface area (Å²) < 4.78 is 17.5. The number of rotatable bonds is 9. The van der Waals surface area contributed by atoms with E-state index in [0.29, 0.717) is 23.9 Å². The van der Waals surface area contributed by atoms with Gasteiger partial charge in [0.05, 0.1) is 6.04 Å². The van der Waals surface area contributed by atoms with Crippen LogP contribution in [0.1, 0.15) is 33.3 Å². The predicted octanol–water partition coefficient (Wildman–Crippen LogP) is 6.60. The van der Waals surface area contributed by atoms with Gasteiger partial charge in [0.1, 0.15) is 36.2 Å². The number of nitrogens with zero attached hydrogens (tertiary/aromatic N) is 1. The van der Waals surface area contributed by atoms with Gasteiger partial charge in [-0.1, -0.05) is 30.3 Å². The van der Waals surface area contributed by atoms with Crippen LogP contribution in [0.4, 0.5) is 4.79 Å². The topological polar surface area (TPSA) is 68.2 Å². The number of ether oxygens (including phenoxy) is 3. The van der Waals surface area contributed by atoms with Gasteiger partial charge in [-0.15, -0.1) is 0 Å². The van der Waals surface area contributed by atoms with Crippen molar-refractivity contribution in [3.63, 3.8) is 0 Å². The third kappa shape index (κ3) is 7.17. The molecule has 1 unspecified atom stereocenters. The average Bonchev–Trinajstić information content (AvgIpc) is 2.78. The second-order valence-corrected chi connectivity index (χ2v) is 8.80. The van der Waals surface area contributed by atoms with Gasteiger partial charge in [0.25, 0.3) is 0 Å². The second-order valence-electron chi connectivity index (χ2n) is 8.80. The molecule has 3 aromatic rings. The summed E-state index contributed by atoms with van der Waals surface area (Å²) in [5.74, 6) is 2.80. The molecule has 1 N–H and O–H groups in total. The maximum absolute atomic E-state index is 11.6. The highest BCUT2D eigenvalue weighted by Crippen LogP contribution is 2.26. The molecule has 0 aliphatic rings. The average molecular weight is 450 g/mol. The van der Waals surface area contributed by atoms with E-state index in [4.69, 9.17) is 14.2 Å². The van der Waals surface area contributed by atoms with Crippen molar-refractivity contribution in [1.29, 1.82) is 0 Å². The molecule has 0 saturated heterocycles.